The van der Waals surface area contributed by atoms with Crippen LogP contribution in [0.25, 0.3) is 10.6 Å². The van der Waals surface area contributed by atoms with Crippen LogP contribution in [0.1, 0.15) is 46.8 Å². The lowest BCUT2D eigenvalue weighted by Crippen LogP contribution is -2.20. The number of thiazole rings is 1. The highest BCUT2D eigenvalue weighted by Gasteiger charge is 2.25. The monoisotopic (exact) mass is 328 g/mol. The first-order valence-corrected chi connectivity index (χ1v) is 8.71. The lowest BCUT2D eigenvalue weighted by molar-refractivity contribution is 0.101. The normalized spacial score (nSPS) is 17.0. The van der Waals surface area contributed by atoms with Crippen LogP contribution in [0.4, 0.5) is 5.69 Å². The molecule has 1 aliphatic carbocycles. The molecule has 0 radical (unpaired) electrons. The number of benzene rings is 1. The van der Waals surface area contributed by atoms with E-state index >= 15 is 0 Å². The average Bonchev–Trinajstić information content (AvgIpc) is 2.91. The first-order valence-electron chi connectivity index (χ1n) is 7.89. The van der Waals surface area contributed by atoms with E-state index in [-0.39, 0.29) is 5.78 Å². The maximum atomic E-state index is 12.1. The number of carbonyl (C=O) groups is 1. The minimum atomic E-state index is -0.409. The van der Waals surface area contributed by atoms with E-state index < -0.39 is 6.10 Å². The second kappa shape index (κ2) is 6.09. The molecule has 0 saturated carbocycles. The van der Waals surface area contributed by atoms with Crippen molar-refractivity contribution in [2.75, 3.05) is 19.0 Å². The van der Waals surface area contributed by atoms with Crippen molar-refractivity contribution < 1.29 is 9.90 Å². The van der Waals surface area contributed by atoms with Crippen molar-refractivity contribution in [3.8, 4) is 10.6 Å². The van der Waals surface area contributed by atoms with Gasteiger partial charge in [-0.2, -0.15) is 0 Å². The van der Waals surface area contributed by atoms with Crippen LogP contribution >= 0.6 is 11.3 Å². The maximum absolute atomic E-state index is 12.1. The number of anilines is 1. The third-order valence-corrected chi connectivity index (χ3v) is 5.58. The number of aromatic nitrogens is 1. The van der Waals surface area contributed by atoms with Crippen LogP contribution in [0.15, 0.2) is 12.1 Å². The van der Waals surface area contributed by atoms with Crippen molar-refractivity contribution in [2.45, 2.75) is 32.3 Å². The van der Waals surface area contributed by atoms with Crippen molar-refractivity contribution in [3.63, 3.8) is 0 Å². The van der Waals surface area contributed by atoms with Gasteiger partial charge in [-0.05, 0) is 32.3 Å². The summed E-state index contributed by atoms with van der Waals surface area (Å²) in [6, 6.07) is 3.99. The molecule has 1 unspecified atom stereocenters. The predicted molar refractivity (Wildman–Crippen MR) is 98.0 cm³/mol. The molecular formula is C17H21BN2O2S. The summed E-state index contributed by atoms with van der Waals surface area (Å²) in [5, 5.41) is 11.0. The van der Waals surface area contributed by atoms with E-state index in [0.717, 1.165) is 51.6 Å². The molecule has 3 rings (SSSR count). The quantitative estimate of drug-likeness (QED) is 0.688. The number of aryl methyl sites for hydroxylation is 1. The summed E-state index contributed by atoms with van der Waals surface area (Å²) in [6.07, 6.45) is 2.27. The lowest BCUT2D eigenvalue weighted by Gasteiger charge is -2.18. The van der Waals surface area contributed by atoms with Gasteiger partial charge < -0.3 is 10.0 Å². The van der Waals surface area contributed by atoms with Gasteiger partial charge in [0.05, 0.1) is 16.7 Å². The first kappa shape index (κ1) is 16.2. The van der Waals surface area contributed by atoms with Crippen molar-refractivity contribution >= 4 is 36.1 Å². The van der Waals surface area contributed by atoms with Gasteiger partial charge in [-0.15, -0.1) is 11.3 Å². The topological polar surface area (TPSA) is 53.4 Å². The number of Topliss-reactive ketones (excluding diaryl/α,β-unsaturated/α-hetero) is 1. The van der Waals surface area contributed by atoms with Crippen molar-refractivity contribution in [2.24, 2.45) is 0 Å². The Bertz CT molecular complexity index is 770. The fraction of sp³-hybridized carbons (Fsp3) is 0.412. The molecular weight excluding hydrogens is 307 g/mol. The molecule has 1 atom stereocenters. The number of nitrogens with zero attached hydrogens (tertiary/aromatic N) is 2. The van der Waals surface area contributed by atoms with Crippen LogP contribution in [0.3, 0.4) is 0 Å². The smallest absolute Gasteiger partial charge is 0.160 e. The van der Waals surface area contributed by atoms with Crippen molar-refractivity contribution in [3.05, 3.63) is 28.3 Å². The molecule has 0 aliphatic heterocycles. The summed E-state index contributed by atoms with van der Waals surface area (Å²) < 4.78 is 0. The maximum Gasteiger partial charge on any atom is 0.160 e. The Morgan fingerprint density at radius 1 is 1.43 bits per heavy atom. The van der Waals surface area contributed by atoms with E-state index in [1.54, 1.807) is 6.92 Å². The van der Waals surface area contributed by atoms with Crippen LogP contribution < -0.4 is 10.4 Å². The molecule has 23 heavy (non-hydrogen) atoms. The molecule has 1 heterocycles. The second-order valence-corrected chi connectivity index (χ2v) is 7.40. The molecule has 4 nitrogen and oxygen atoms in total. The number of fused-ring (bicyclic) bond motifs is 1. The summed E-state index contributed by atoms with van der Waals surface area (Å²) in [5.41, 5.74) is 4.73. The third kappa shape index (κ3) is 2.93. The lowest BCUT2D eigenvalue weighted by atomic mass is 9.88. The number of rotatable bonds is 3. The van der Waals surface area contributed by atoms with E-state index in [1.807, 2.05) is 39.0 Å². The number of ketones is 1. The van der Waals surface area contributed by atoms with Gasteiger partial charge in [-0.3, -0.25) is 4.79 Å². The molecule has 0 saturated heterocycles. The summed E-state index contributed by atoms with van der Waals surface area (Å²) in [4.78, 5) is 19.8. The Hall–Kier alpha value is -1.66. The Labute approximate surface area is 141 Å². The van der Waals surface area contributed by atoms with Gasteiger partial charge in [-0.1, -0.05) is 11.5 Å². The molecule has 120 valence electrons. The van der Waals surface area contributed by atoms with Gasteiger partial charge >= 0.3 is 0 Å². The third-order valence-electron chi connectivity index (χ3n) is 4.35. The van der Waals surface area contributed by atoms with Crippen molar-refractivity contribution in [1.82, 2.24) is 4.98 Å². The van der Waals surface area contributed by atoms with Crippen LogP contribution in [0.5, 0.6) is 0 Å². The van der Waals surface area contributed by atoms with Gasteiger partial charge in [0.15, 0.2) is 5.78 Å². The first-order chi connectivity index (χ1) is 10.9. The van der Waals surface area contributed by atoms with E-state index in [4.69, 9.17) is 4.98 Å². The number of aliphatic hydroxyl groups excluding tert-OH is 1. The molecule has 1 N–H and O–H groups in total. The Kier molecular flexibility index (Phi) is 4.30. The van der Waals surface area contributed by atoms with Crippen LogP contribution in [-0.2, 0) is 6.42 Å². The Morgan fingerprint density at radius 2 is 2.17 bits per heavy atom. The van der Waals surface area contributed by atoms with Gasteiger partial charge in [0.25, 0.3) is 0 Å². The molecule has 1 aromatic heterocycles. The summed E-state index contributed by atoms with van der Waals surface area (Å²) >= 11 is 1.52. The minimum Gasteiger partial charge on any atom is -0.388 e. The molecule has 1 aromatic carbocycles. The average molecular weight is 328 g/mol. The van der Waals surface area contributed by atoms with Gasteiger partial charge in [0.2, 0.25) is 0 Å². The van der Waals surface area contributed by atoms with E-state index in [0.29, 0.717) is 5.56 Å². The molecule has 0 fully saturated rings. The van der Waals surface area contributed by atoms with E-state index in [9.17, 15) is 9.90 Å². The van der Waals surface area contributed by atoms with Crippen molar-refractivity contribution in [1.29, 1.82) is 0 Å². The largest absolute Gasteiger partial charge is 0.388 e. The van der Waals surface area contributed by atoms with Gasteiger partial charge in [-0.25, -0.2) is 4.98 Å². The molecule has 0 spiro atoms. The second-order valence-electron chi connectivity index (χ2n) is 6.37. The zero-order valence-corrected chi connectivity index (χ0v) is 14.8. The summed E-state index contributed by atoms with van der Waals surface area (Å²) in [5.74, 6) is 0.0387. The molecule has 1 aliphatic rings. The van der Waals surface area contributed by atoms with Gasteiger partial charge in [0, 0.05) is 30.9 Å². The van der Waals surface area contributed by atoms with E-state index in [2.05, 4.69) is 0 Å². The van der Waals surface area contributed by atoms with E-state index in [1.165, 1.54) is 11.3 Å². The zero-order valence-electron chi connectivity index (χ0n) is 14.0. The summed E-state index contributed by atoms with van der Waals surface area (Å²) in [7, 11) is 6.00. The fourth-order valence-electron chi connectivity index (χ4n) is 3.16. The summed E-state index contributed by atoms with van der Waals surface area (Å²) in [6.45, 7) is 1.59. The van der Waals surface area contributed by atoms with Gasteiger partial charge in [0.1, 0.15) is 12.9 Å². The molecule has 6 heteroatoms. The highest BCUT2D eigenvalue weighted by Crippen LogP contribution is 2.39. The SMILES string of the molecule is Bc1cc(-c2nc3c(s2)C(O)CCC3)c(C(C)=O)cc1N(C)C. The molecule has 0 amide bonds. The highest BCUT2D eigenvalue weighted by molar-refractivity contribution is 7.15. The standard InChI is InChI=1S/C17H21BN2O2S/c1-9(21)10-8-14(20(2)3)12(18)7-11(10)17-19-13-5-4-6-15(22)16(13)23-17/h7-8,15,22H,4-6,18H2,1-3H3. The Balaban J connectivity index is 2.16. The molecule has 2 aromatic rings. The number of aliphatic hydroxyl groups is 1. The van der Waals surface area contributed by atoms with Crippen LogP contribution in [0, 0.1) is 0 Å². The van der Waals surface area contributed by atoms with Crippen LogP contribution in [0.2, 0.25) is 0 Å². The number of hydrogen-bond donors (Lipinski definition) is 1. The number of carbonyl (C=O) groups excluding carboxylic acids is 1. The molecule has 0 bridgehead atoms. The number of hydrogen-bond acceptors (Lipinski definition) is 5. The Morgan fingerprint density at radius 3 is 2.78 bits per heavy atom. The fourth-order valence-corrected chi connectivity index (χ4v) is 4.32. The predicted octanol–water partition coefficient (Wildman–Crippen LogP) is 1.71. The highest BCUT2D eigenvalue weighted by atomic mass is 32.1. The zero-order chi connectivity index (χ0) is 16.7. The minimum absolute atomic E-state index is 0.0387. The van der Waals surface area contributed by atoms with Crippen LogP contribution in [-0.4, -0.2) is 37.8 Å².